The molecule has 4 aromatic rings. The first-order chi connectivity index (χ1) is 15.9. The second kappa shape index (κ2) is 8.66. The summed E-state index contributed by atoms with van der Waals surface area (Å²) in [6.07, 6.45) is 0.995. The maximum absolute atomic E-state index is 13.0. The Bertz CT molecular complexity index is 1470. The van der Waals surface area contributed by atoms with Gasteiger partial charge in [0, 0.05) is 12.0 Å². The number of hydrogen-bond donors (Lipinski definition) is 1. The molecule has 7 nitrogen and oxygen atoms in total. The molecule has 5 rings (SSSR count). The summed E-state index contributed by atoms with van der Waals surface area (Å²) in [6, 6.07) is 19.7. The van der Waals surface area contributed by atoms with Crippen molar-refractivity contribution in [2.75, 3.05) is 13.7 Å². The smallest absolute Gasteiger partial charge is 0.274 e. The Morgan fingerprint density at radius 3 is 2.61 bits per heavy atom. The Labute approximate surface area is 197 Å². The van der Waals surface area contributed by atoms with E-state index in [0.29, 0.717) is 34.0 Å². The lowest BCUT2D eigenvalue weighted by molar-refractivity contribution is -0.938. The van der Waals surface area contributed by atoms with Crippen LogP contribution in [0.3, 0.4) is 0 Å². The Balaban J connectivity index is 1.43. The van der Waals surface area contributed by atoms with Gasteiger partial charge in [-0.25, -0.2) is 8.42 Å². The van der Waals surface area contributed by atoms with Crippen LogP contribution in [0.1, 0.15) is 11.1 Å². The highest BCUT2D eigenvalue weighted by Crippen LogP contribution is 2.31. The van der Waals surface area contributed by atoms with Gasteiger partial charge in [-0.05, 0) is 48.1 Å². The van der Waals surface area contributed by atoms with Crippen molar-refractivity contribution in [3.63, 3.8) is 0 Å². The van der Waals surface area contributed by atoms with Gasteiger partial charge in [0.2, 0.25) is 0 Å². The molecule has 2 heterocycles. The van der Waals surface area contributed by atoms with Crippen LogP contribution in [0, 0.1) is 4.84 Å². The number of oxazole rings is 1. The third kappa shape index (κ3) is 4.39. The molecule has 0 bridgehead atoms. The number of sulfonamides is 1. The van der Waals surface area contributed by atoms with Crippen molar-refractivity contribution in [1.82, 2.24) is 4.57 Å². The molecule has 1 aliphatic heterocycles. The summed E-state index contributed by atoms with van der Waals surface area (Å²) in [4.78, 5) is 1.76. The minimum atomic E-state index is -3.92. The van der Waals surface area contributed by atoms with E-state index in [4.69, 9.17) is 21.4 Å². The van der Waals surface area contributed by atoms with E-state index in [0.717, 1.165) is 19.5 Å². The van der Waals surface area contributed by atoms with Gasteiger partial charge in [-0.1, -0.05) is 36.4 Å². The summed E-state index contributed by atoms with van der Waals surface area (Å²) >= 11 is 5.46. The van der Waals surface area contributed by atoms with E-state index in [1.54, 1.807) is 43.5 Å². The molecule has 0 spiro atoms. The fraction of sp³-hybridized carbons (Fsp3) is 0.208. The van der Waals surface area contributed by atoms with Gasteiger partial charge in [0.15, 0.2) is 12.3 Å². The molecule has 0 radical (unpaired) electrons. The first-order valence-corrected chi connectivity index (χ1v) is 12.4. The van der Waals surface area contributed by atoms with Crippen molar-refractivity contribution < 1.29 is 22.5 Å². The van der Waals surface area contributed by atoms with Crippen LogP contribution in [0.5, 0.6) is 5.75 Å². The minimum Gasteiger partial charge on any atom is -0.573 e. The van der Waals surface area contributed by atoms with Gasteiger partial charge in [0.1, 0.15) is 22.3 Å². The van der Waals surface area contributed by atoms with Crippen molar-refractivity contribution in [2.24, 2.45) is 0 Å². The first-order valence-electron chi connectivity index (χ1n) is 10.6. The first kappa shape index (κ1) is 21.7. The molecule has 1 aromatic heterocycles. The van der Waals surface area contributed by atoms with Crippen molar-refractivity contribution in [2.45, 2.75) is 24.5 Å². The molecule has 9 heteroatoms. The van der Waals surface area contributed by atoms with Crippen LogP contribution in [-0.2, 0) is 29.7 Å². The Kier molecular flexibility index (Phi) is 5.69. The highest BCUT2D eigenvalue weighted by Gasteiger charge is 2.21. The second-order valence-corrected chi connectivity index (χ2v) is 10.00. The van der Waals surface area contributed by atoms with Gasteiger partial charge in [-0.15, -0.1) is 5.69 Å². The van der Waals surface area contributed by atoms with E-state index >= 15 is 0 Å². The van der Waals surface area contributed by atoms with E-state index in [9.17, 15) is 8.42 Å². The van der Waals surface area contributed by atoms with Crippen LogP contribution in [0.25, 0.3) is 15.8 Å². The molecule has 0 fully saturated rings. The average Bonchev–Trinajstić information content (AvgIpc) is 3.13. The Hall–Kier alpha value is -3.14. The van der Waals surface area contributed by atoms with Gasteiger partial charge in [0.25, 0.3) is 4.84 Å². The van der Waals surface area contributed by atoms with Crippen LogP contribution in [0.15, 0.2) is 76.0 Å². The SMILES string of the molecule is COc1ccc([N-]S(=O)(=O)c2ccc3oc(=S)n(C[NH+]4CCc5ccccc5C4)c3c2)cc1. The Morgan fingerprint density at radius 1 is 1.09 bits per heavy atom. The molecule has 1 atom stereocenters. The van der Waals surface area contributed by atoms with Crippen molar-refractivity contribution in [3.05, 3.63) is 87.4 Å². The number of hydrogen-bond acceptors (Lipinski definition) is 5. The summed E-state index contributed by atoms with van der Waals surface area (Å²) < 4.78 is 42.7. The fourth-order valence-corrected chi connectivity index (χ4v) is 5.45. The van der Waals surface area contributed by atoms with E-state index < -0.39 is 10.0 Å². The van der Waals surface area contributed by atoms with E-state index in [2.05, 4.69) is 29.0 Å². The summed E-state index contributed by atoms with van der Waals surface area (Å²) in [7, 11) is -2.36. The highest BCUT2D eigenvalue weighted by molar-refractivity contribution is 7.94. The number of aromatic nitrogens is 1. The highest BCUT2D eigenvalue weighted by atomic mass is 32.2. The summed E-state index contributed by atoms with van der Waals surface area (Å²) in [5, 5.41) is 0. The lowest BCUT2D eigenvalue weighted by Crippen LogP contribution is -3.11. The quantitative estimate of drug-likeness (QED) is 0.422. The molecule has 0 saturated carbocycles. The maximum Gasteiger partial charge on any atom is 0.274 e. The van der Waals surface area contributed by atoms with Crippen LogP contribution < -0.4 is 9.64 Å². The van der Waals surface area contributed by atoms with E-state index in [1.165, 1.54) is 22.1 Å². The molecule has 1 aliphatic rings. The predicted octanol–water partition coefficient (Wildman–Crippen LogP) is 3.97. The molecular formula is C24H23N3O4S2. The zero-order valence-electron chi connectivity index (χ0n) is 18.0. The number of ether oxygens (including phenoxy) is 1. The minimum absolute atomic E-state index is 0.0920. The number of quaternary nitrogens is 1. The van der Waals surface area contributed by atoms with Gasteiger partial charge >= 0.3 is 0 Å². The monoisotopic (exact) mass is 481 g/mol. The molecule has 0 amide bonds. The average molecular weight is 482 g/mol. The third-order valence-electron chi connectivity index (χ3n) is 5.92. The summed E-state index contributed by atoms with van der Waals surface area (Å²) in [5.74, 6) is 0.632. The molecule has 0 aliphatic carbocycles. The molecular weight excluding hydrogens is 458 g/mol. The second-order valence-electron chi connectivity index (χ2n) is 8.04. The van der Waals surface area contributed by atoms with Crippen LogP contribution in [-0.4, -0.2) is 26.6 Å². The zero-order valence-corrected chi connectivity index (χ0v) is 19.7. The van der Waals surface area contributed by atoms with Crippen molar-refractivity contribution in [3.8, 4) is 5.75 Å². The number of nitrogens with one attached hydrogen (secondary N) is 1. The molecule has 33 heavy (non-hydrogen) atoms. The van der Waals surface area contributed by atoms with Crippen LogP contribution >= 0.6 is 12.2 Å². The number of rotatable bonds is 6. The number of nitrogens with zero attached hydrogens (tertiary/aromatic N) is 2. The number of benzene rings is 3. The molecule has 0 saturated heterocycles. The number of fused-ring (bicyclic) bond motifs is 2. The van der Waals surface area contributed by atoms with Crippen molar-refractivity contribution in [1.29, 1.82) is 0 Å². The standard InChI is InChI=1S/C24H22N3O4S2/c1-30-20-8-6-19(7-9-20)25-33(28,29)21-10-11-23-22(14-21)27(24(32)31-23)16-26-13-12-17-4-2-3-5-18(17)15-26/h2-11,14H,12-13,15-16H2,1H3/q-1/p+1. The summed E-state index contributed by atoms with van der Waals surface area (Å²) in [6.45, 7) is 2.45. The third-order valence-corrected chi connectivity index (χ3v) is 7.53. The van der Waals surface area contributed by atoms with Crippen LogP contribution in [0.2, 0.25) is 0 Å². The summed E-state index contributed by atoms with van der Waals surface area (Å²) in [5.41, 5.74) is 4.25. The van der Waals surface area contributed by atoms with Crippen LogP contribution in [0.4, 0.5) is 5.69 Å². The van der Waals surface area contributed by atoms with Crippen molar-refractivity contribution >= 4 is 39.0 Å². The zero-order chi connectivity index (χ0) is 23.0. The normalized spacial score (nSPS) is 15.8. The van der Waals surface area contributed by atoms with Gasteiger partial charge in [0.05, 0.1) is 24.1 Å². The molecule has 170 valence electrons. The Morgan fingerprint density at radius 2 is 1.85 bits per heavy atom. The van der Waals surface area contributed by atoms with Gasteiger partial charge in [-0.3, -0.25) is 4.57 Å². The predicted molar refractivity (Wildman–Crippen MR) is 128 cm³/mol. The molecule has 1 N–H and O–H groups in total. The van der Waals surface area contributed by atoms with E-state index in [-0.39, 0.29) is 4.90 Å². The van der Waals surface area contributed by atoms with Gasteiger partial charge in [-0.2, -0.15) is 0 Å². The molecule has 1 unspecified atom stereocenters. The lowest BCUT2D eigenvalue weighted by Gasteiger charge is -2.26. The van der Waals surface area contributed by atoms with E-state index in [1.807, 2.05) is 4.57 Å². The lowest BCUT2D eigenvalue weighted by atomic mass is 10.0. The topological polar surface area (TPSA) is 80.0 Å². The maximum atomic E-state index is 13.0. The number of methoxy groups -OCH3 is 1. The fourth-order valence-electron chi connectivity index (χ4n) is 4.19. The largest absolute Gasteiger partial charge is 0.573 e. The molecule has 3 aromatic carbocycles. The van der Waals surface area contributed by atoms with Gasteiger partial charge < -0.3 is 18.8 Å².